The van der Waals surface area contributed by atoms with Crippen LogP contribution in [0.2, 0.25) is 5.02 Å². The van der Waals surface area contributed by atoms with Gasteiger partial charge in [-0.1, -0.05) is 11.6 Å². The average Bonchev–Trinajstić information content (AvgIpc) is 2.72. The van der Waals surface area contributed by atoms with Crippen molar-refractivity contribution in [2.75, 3.05) is 23.9 Å². The van der Waals surface area contributed by atoms with Gasteiger partial charge in [0.2, 0.25) is 5.91 Å². The highest BCUT2D eigenvalue weighted by molar-refractivity contribution is 6.34. The van der Waals surface area contributed by atoms with Crippen LogP contribution in [0.25, 0.3) is 0 Å². The number of nitro groups is 1. The number of non-ortho nitro benzene ring substituents is 1. The van der Waals surface area contributed by atoms with Gasteiger partial charge in [-0.25, -0.2) is 0 Å². The fraction of sp³-hybridized carbons (Fsp3) is 0.263. The van der Waals surface area contributed by atoms with Gasteiger partial charge in [0, 0.05) is 30.9 Å². The molecule has 0 saturated heterocycles. The summed E-state index contributed by atoms with van der Waals surface area (Å²) in [7, 11) is 1.67. The minimum absolute atomic E-state index is 0.0137. The van der Waals surface area contributed by atoms with E-state index >= 15 is 0 Å². The Balaban J connectivity index is 1.89. The van der Waals surface area contributed by atoms with Crippen molar-refractivity contribution in [2.45, 2.75) is 13.8 Å². The molecule has 0 aliphatic carbocycles. The first-order valence-corrected chi connectivity index (χ1v) is 8.78. The molecule has 2 aromatic rings. The molecule has 1 N–H and O–H groups in total. The fourth-order valence-corrected chi connectivity index (χ4v) is 3.07. The second kappa shape index (κ2) is 7.12. The first kappa shape index (κ1) is 19.6. The number of carbonyl (C=O) groups excluding carboxylic acids is 2. The Bertz CT molecular complexity index is 990. The number of nitro benzene ring substituents is 1. The average molecular weight is 404 g/mol. The smallest absolute Gasteiger partial charge is 0.270 e. The number of carbonyl (C=O) groups is 2. The Morgan fingerprint density at radius 2 is 2.00 bits per heavy atom. The highest BCUT2D eigenvalue weighted by Gasteiger charge is 2.36. The van der Waals surface area contributed by atoms with Gasteiger partial charge in [0.05, 0.1) is 26.6 Å². The normalized spacial score (nSPS) is 15.3. The molecule has 146 valence electrons. The summed E-state index contributed by atoms with van der Waals surface area (Å²) in [6.45, 7) is 3.78. The molecular weight excluding hydrogens is 386 g/mol. The first-order chi connectivity index (χ1) is 13.1. The minimum Gasteiger partial charge on any atom is -0.490 e. The van der Waals surface area contributed by atoms with E-state index in [2.05, 4.69) is 5.32 Å². The van der Waals surface area contributed by atoms with Crippen LogP contribution in [-0.2, 0) is 4.79 Å². The Morgan fingerprint density at radius 1 is 1.29 bits per heavy atom. The van der Waals surface area contributed by atoms with Gasteiger partial charge in [0.25, 0.3) is 11.6 Å². The van der Waals surface area contributed by atoms with Gasteiger partial charge in [0.1, 0.15) is 12.4 Å². The summed E-state index contributed by atoms with van der Waals surface area (Å²) >= 11 is 6.01. The lowest BCUT2D eigenvalue weighted by Crippen LogP contribution is -2.39. The third-order valence-corrected chi connectivity index (χ3v) is 4.79. The quantitative estimate of drug-likeness (QED) is 0.618. The molecule has 9 heteroatoms. The van der Waals surface area contributed by atoms with Crippen molar-refractivity contribution < 1.29 is 19.2 Å². The molecule has 1 aliphatic heterocycles. The van der Waals surface area contributed by atoms with E-state index in [-0.39, 0.29) is 28.8 Å². The number of ether oxygens (including phenoxy) is 1. The maximum Gasteiger partial charge on any atom is 0.270 e. The molecule has 0 spiro atoms. The lowest BCUT2D eigenvalue weighted by molar-refractivity contribution is -0.384. The van der Waals surface area contributed by atoms with Crippen LogP contribution < -0.4 is 15.0 Å². The molecule has 0 fully saturated rings. The zero-order valence-electron chi connectivity index (χ0n) is 15.5. The third kappa shape index (κ3) is 3.63. The van der Waals surface area contributed by atoms with Gasteiger partial charge >= 0.3 is 0 Å². The minimum atomic E-state index is -0.687. The van der Waals surface area contributed by atoms with Crippen LogP contribution in [0, 0.1) is 15.5 Å². The monoisotopic (exact) mass is 403 g/mol. The number of halogens is 1. The van der Waals surface area contributed by atoms with E-state index in [1.165, 1.54) is 17.0 Å². The highest BCUT2D eigenvalue weighted by Crippen LogP contribution is 2.37. The number of anilines is 2. The van der Waals surface area contributed by atoms with Crippen LogP contribution in [0.15, 0.2) is 36.4 Å². The summed E-state index contributed by atoms with van der Waals surface area (Å²) in [5.41, 5.74) is 0.0596. The van der Waals surface area contributed by atoms with Crippen LogP contribution in [0.4, 0.5) is 17.1 Å². The highest BCUT2D eigenvalue weighted by atomic mass is 35.5. The summed E-state index contributed by atoms with van der Waals surface area (Å²) in [5, 5.41) is 13.7. The van der Waals surface area contributed by atoms with Gasteiger partial charge in [-0.15, -0.1) is 0 Å². The lowest BCUT2D eigenvalue weighted by Gasteiger charge is -2.24. The molecule has 0 unspecified atom stereocenters. The molecule has 0 atom stereocenters. The molecular formula is C19H18ClN3O5. The molecule has 1 aliphatic rings. The topological polar surface area (TPSA) is 102 Å². The summed E-state index contributed by atoms with van der Waals surface area (Å²) in [6.07, 6.45) is 0. The van der Waals surface area contributed by atoms with Crippen LogP contribution in [0.5, 0.6) is 5.75 Å². The second-order valence-corrected chi connectivity index (χ2v) is 7.50. The Morgan fingerprint density at radius 3 is 2.68 bits per heavy atom. The molecule has 0 radical (unpaired) electrons. The molecule has 3 rings (SSSR count). The second-order valence-electron chi connectivity index (χ2n) is 7.09. The molecule has 2 aromatic carbocycles. The van der Waals surface area contributed by atoms with Gasteiger partial charge in [-0.2, -0.15) is 0 Å². The van der Waals surface area contributed by atoms with Crippen LogP contribution in [0.3, 0.4) is 0 Å². The van der Waals surface area contributed by atoms with Crippen molar-refractivity contribution in [1.82, 2.24) is 0 Å². The number of hydrogen-bond acceptors (Lipinski definition) is 5. The Kier molecular flexibility index (Phi) is 4.99. The van der Waals surface area contributed by atoms with Gasteiger partial charge in [-0.3, -0.25) is 19.7 Å². The number of hydrogen-bond donors (Lipinski definition) is 1. The van der Waals surface area contributed by atoms with E-state index in [0.29, 0.717) is 17.1 Å². The fourth-order valence-electron chi connectivity index (χ4n) is 2.87. The lowest BCUT2D eigenvalue weighted by atomic mass is 9.93. The van der Waals surface area contributed by atoms with Crippen molar-refractivity contribution in [1.29, 1.82) is 0 Å². The molecule has 28 heavy (non-hydrogen) atoms. The maximum absolute atomic E-state index is 12.5. The van der Waals surface area contributed by atoms with Crippen LogP contribution in [-0.4, -0.2) is 30.4 Å². The van der Waals surface area contributed by atoms with E-state index in [0.717, 1.165) is 6.07 Å². The molecule has 8 nitrogen and oxygen atoms in total. The third-order valence-electron chi connectivity index (χ3n) is 4.46. The molecule has 0 bridgehead atoms. The molecule has 0 saturated carbocycles. The number of amides is 2. The largest absolute Gasteiger partial charge is 0.490 e. The summed E-state index contributed by atoms with van der Waals surface area (Å²) in [5.74, 6) is -0.220. The summed E-state index contributed by atoms with van der Waals surface area (Å²) in [6, 6.07) is 8.53. The van der Waals surface area contributed by atoms with Gasteiger partial charge in [-0.05, 0) is 32.0 Å². The number of rotatable bonds is 3. The zero-order chi connectivity index (χ0) is 20.6. The van der Waals surface area contributed by atoms with Crippen molar-refractivity contribution >= 4 is 40.5 Å². The number of fused-ring (bicyclic) bond motifs is 1. The Hall–Kier alpha value is -3.13. The van der Waals surface area contributed by atoms with Crippen LogP contribution in [0.1, 0.15) is 24.2 Å². The first-order valence-electron chi connectivity index (χ1n) is 8.40. The maximum atomic E-state index is 12.5. The standard InChI is InChI=1S/C19H18ClN3O5/c1-19(2)10-28-16-8-11(4-7-15(16)22(3)18(19)25)21-17(24)13-9-12(23(26)27)5-6-14(13)20/h4-9H,10H2,1-3H3,(H,21,24). The van der Waals surface area contributed by atoms with Crippen molar-refractivity contribution in [3.63, 3.8) is 0 Å². The predicted octanol–water partition coefficient (Wildman–Crippen LogP) is 3.88. The van der Waals surface area contributed by atoms with Crippen molar-refractivity contribution in [3.05, 3.63) is 57.1 Å². The van der Waals surface area contributed by atoms with Crippen molar-refractivity contribution in [3.8, 4) is 5.75 Å². The predicted molar refractivity (Wildman–Crippen MR) is 105 cm³/mol. The van der Waals surface area contributed by atoms with E-state index in [1.54, 1.807) is 39.1 Å². The molecule has 0 aromatic heterocycles. The Labute approximate surface area is 166 Å². The molecule has 2 amide bonds. The van der Waals surface area contributed by atoms with Gasteiger partial charge < -0.3 is 15.0 Å². The number of nitrogens with zero attached hydrogens (tertiary/aromatic N) is 2. The zero-order valence-corrected chi connectivity index (χ0v) is 16.2. The number of benzene rings is 2. The summed E-state index contributed by atoms with van der Waals surface area (Å²) < 4.78 is 5.78. The van der Waals surface area contributed by atoms with Gasteiger partial charge in [0.15, 0.2) is 0 Å². The van der Waals surface area contributed by atoms with Crippen molar-refractivity contribution in [2.24, 2.45) is 5.41 Å². The number of nitrogens with one attached hydrogen (secondary N) is 1. The van der Waals surface area contributed by atoms with E-state index in [4.69, 9.17) is 16.3 Å². The molecule has 1 heterocycles. The van der Waals surface area contributed by atoms with E-state index in [9.17, 15) is 19.7 Å². The van der Waals surface area contributed by atoms with Crippen LogP contribution >= 0.6 is 11.6 Å². The van der Waals surface area contributed by atoms with E-state index < -0.39 is 16.2 Å². The van der Waals surface area contributed by atoms with E-state index in [1.807, 2.05) is 0 Å². The SMILES string of the molecule is CN1C(=O)C(C)(C)COc2cc(NC(=O)c3cc([N+](=O)[O-])ccc3Cl)ccc21. The summed E-state index contributed by atoms with van der Waals surface area (Å²) in [4.78, 5) is 36.9.